The van der Waals surface area contributed by atoms with Crippen molar-refractivity contribution in [2.75, 3.05) is 47.1 Å². The van der Waals surface area contributed by atoms with Crippen molar-refractivity contribution < 1.29 is 28.2 Å². The first kappa shape index (κ1) is 24.4. The molecular formula is C27H25N3O7. The van der Waals surface area contributed by atoms with Gasteiger partial charge < -0.3 is 23.4 Å². The average Bonchev–Trinajstić information content (AvgIpc) is 2.92. The number of fused-ring (bicyclic) bond motifs is 3. The number of para-hydroxylation sites is 1. The zero-order valence-electron chi connectivity index (χ0n) is 20.4. The van der Waals surface area contributed by atoms with Gasteiger partial charge in [-0.1, -0.05) is 18.2 Å². The Morgan fingerprint density at radius 1 is 1.16 bits per heavy atom. The van der Waals surface area contributed by atoms with Gasteiger partial charge in [-0.15, -0.1) is 0 Å². The maximum Gasteiger partial charge on any atom is 0.344 e. The summed E-state index contributed by atoms with van der Waals surface area (Å²) in [6, 6.07) is 14.2. The fraction of sp³-hybridized carbons (Fsp3) is 0.296. The van der Waals surface area contributed by atoms with Crippen LogP contribution in [-0.4, -0.2) is 57.9 Å². The predicted octanol–water partition coefficient (Wildman–Crippen LogP) is 2.52. The normalized spacial score (nSPS) is 17.5. The molecule has 1 amide bonds. The lowest BCUT2D eigenvalue weighted by Crippen LogP contribution is -2.44. The van der Waals surface area contributed by atoms with Gasteiger partial charge in [0, 0.05) is 24.7 Å². The minimum absolute atomic E-state index is 0.0353. The highest BCUT2D eigenvalue weighted by molar-refractivity contribution is 5.87. The van der Waals surface area contributed by atoms with Crippen molar-refractivity contribution in [3.63, 3.8) is 0 Å². The average molecular weight is 504 g/mol. The number of nitrogens with zero attached hydrogens (tertiary/aromatic N) is 2. The van der Waals surface area contributed by atoms with Crippen LogP contribution < -0.4 is 25.2 Å². The Balaban J connectivity index is 1.66. The molecule has 0 saturated carbocycles. The Kier molecular flexibility index (Phi) is 6.81. The first-order chi connectivity index (χ1) is 18.0. The lowest BCUT2D eigenvalue weighted by Gasteiger charge is -2.29. The van der Waals surface area contributed by atoms with E-state index in [2.05, 4.69) is 11.4 Å². The second kappa shape index (κ2) is 10.3. The van der Waals surface area contributed by atoms with Crippen LogP contribution in [0.5, 0.6) is 17.2 Å². The minimum atomic E-state index is -0.922. The van der Waals surface area contributed by atoms with Crippen LogP contribution in [0, 0.1) is 11.3 Å². The quantitative estimate of drug-likeness (QED) is 0.506. The molecule has 3 heterocycles. The highest BCUT2D eigenvalue weighted by Crippen LogP contribution is 2.46. The summed E-state index contributed by atoms with van der Waals surface area (Å²) in [6.07, 6.45) is 0. The predicted molar refractivity (Wildman–Crippen MR) is 133 cm³/mol. The summed E-state index contributed by atoms with van der Waals surface area (Å²) in [5.74, 6) is -0.145. The number of carbonyl (C=O) groups excluding carboxylic acids is 1. The molecule has 0 aliphatic carbocycles. The number of amides is 1. The Hall–Kier alpha value is -4.33. The van der Waals surface area contributed by atoms with Crippen LogP contribution in [0.2, 0.25) is 0 Å². The molecule has 190 valence electrons. The van der Waals surface area contributed by atoms with Crippen molar-refractivity contribution in [1.29, 1.82) is 5.26 Å². The van der Waals surface area contributed by atoms with E-state index in [0.717, 1.165) is 0 Å². The number of ether oxygens (including phenoxy) is 4. The molecule has 3 aromatic rings. The summed E-state index contributed by atoms with van der Waals surface area (Å²) in [7, 11) is 3.02. The van der Waals surface area contributed by atoms with E-state index in [-0.39, 0.29) is 35.2 Å². The van der Waals surface area contributed by atoms with Crippen LogP contribution >= 0.6 is 0 Å². The summed E-state index contributed by atoms with van der Waals surface area (Å²) in [6.45, 7) is 2.45. The number of hydrogen-bond acceptors (Lipinski definition) is 9. The van der Waals surface area contributed by atoms with Gasteiger partial charge in [0.15, 0.2) is 5.75 Å². The molecule has 1 saturated heterocycles. The smallest absolute Gasteiger partial charge is 0.344 e. The number of rotatable bonds is 6. The molecule has 0 bridgehead atoms. The van der Waals surface area contributed by atoms with E-state index >= 15 is 0 Å². The highest BCUT2D eigenvalue weighted by Gasteiger charge is 2.38. The van der Waals surface area contributed by atoms with Crippen LogP contribution in [0.1, 0.15) is 17.0 Å². The second-order valence-electron chi connectivity index (χ2n) is 8.56. The summed E-state index contributed by atoms with van der Waals surface area (Å²) < 4.78 is 28.0. The van der Waals surface area contributed by atoms with Gasteiger partial charge in [-0.25, -0.2) is 4.79 Å². The Morgan fingerprint density at radius 2 is 1.95 bits per heavy atom. The molecule has 10 nitrogen and oxygen atoms in total. The monoisotopic (exact) mass is 503 g/mol. The van der Waals surface area contributed by atoms with E-state index in [1.165, 1.54) is 14.2 Å². The highest BCUT2D eigenvalue weighted by atomic mass is 16.5. The van der Waals surface area contributed by atoms with E-state index < -0.39 is 11.5 Å². The third-order valence-corrected chi connectivity index (χ3v) is 6.42. The molecule has 1 N–H and O–H groups in total. The third-order valence-electron chi connectivity index (χ3n) is 6.42. The number of nitrogens with one attached hydrogen (secondary N) is 1. The van der Waals surface area contributed by atoms with Crippen LogP contribution in [0.3, 0.4) is 0 Å². The summed E-state index contributed by atoms with van der Waals surface area (Å²) >= 11 is 0. The molecule has 2 aromatic carbocycles. The maximum atomic E-state index is 13.3. The van der Waals surface area contributed by atoms with Crippen molar-refractivity contribution in [3.8, 4) is 23.3 Å². The number of carbonyl (C=O) groups is 1. The second-order valence-corrected chi connectivity index (χ2v) is 8.56. The van der Waals surface area contributed by atoms with Gasteiger partial charge in [-0.2, -0.15) is 5.26 Å². The molecule has 1 fully saturated rings. The molecule has 10 heteroatoms. The van der Waals surface area contributed by atoms with Crippen molar-refractivity contribution >= 4 is 16.9 Å². The van der Waals surface area contributed by atoms with Crippen molar-refractivity contribution in [1.82, 2.24) is 10.2 Å². The van der Waals surface area contributed by atoms with Gasteiger partial charge in [0.05, 0.1) is 50.8 Å². The fourth-order valence-corrected chi connectivity index (χ4v) is 4.63. The van der Waals surface area contributed by atoms with E-state index in [9.17, 15) is 14.9 Å². The topological polar surface area (TPSA) is 123 Å². The number of allylic oxidation sites excluding steroid dienone is 1. The molecule has 37 heavy (non-hydrogen) atoms. The van der Waals surface area contributed by atoms with Gasteiger partial charge in [0.25, 0.3) is 0 Å². The molecule has 1 atom stereocenters. The van der Waals surface area contributed by atoms with Crippen molar-refractivity contribution in [2.24, 2.45) is 0 Å². The molecule has 0 spiro atoms. The van der Waals surface area contributed by atoms with Gasteiger partial charge in [0.1, 0.15) is 28.7 Å². The lowest BCUT2D eigenvalue weighted by atomic mass is 9.83. The molecule has 1 aromatic heterocycles. The largest absolute Gasteiger partial charge is 0.497 e. The SMILES string of the molecule is COc1ccc(C2C(C#N)=C(NC(=O)CN3CCOCC3)Oc3c2c(=O)oc2ccccc32)c(OC)c1. The van der Waals surface area contributed by atoms with Crippen molar-refractivity contribution in [2.45, 2.75) is 5.92 Å². The lowest BCUT2D eigenvalue weighted by molar-refractivity contribution is -0.123. The standard InChI is InChI=1S/C27H25N3O7/c1-33-16-7-8-17(21(13-16)34-2)23-19(14-28)26(29-22(31)15-30-9-11-35-12-10-30)37-25-18-5-3-4-6-20(18)36-27(32)24(23)25/h3-8,13,23H,9-12,15H2,1-2H3,(H,29,31). The Labute approximate surface area is 212 Å². The van der Waals surface area contributed by atoms with Crippen molar-refractivity contribution in [3.05, 3.63) is 75.5 Å². The maximum absolute atomic E-state index is 13.3. The number of benzene rings is 2. The number of hydrogen-bond donors (Lipinski definition) is 1. The van der Waals surface area contributed by atoms with Crippen LogP contribution in [0.15, 0.2) is 63.1 Å². The van der Waals surface area contributed by atoms with Crippen LogP contribution in [-0.2, 0) is 9.53 Å². The van der Waals surface area contributed by atoms with Gasteiger partial charge in [0.2, 0.25) is 11.8 Å². The summed E-state index contributed by atoms with van der Waals surface area (Å²) in [5, 5.41) is 13.6. The van der Waals surface area contributed by atoms with E-state index in [1.807, 2.05) is 4.90 Å². The third kappa shape index (κ3) is 4.62. The fourth-order valence-electron chi connectivity index (χ4n) is 4.63. The Bertz CT molecular complexity index is 1480. The number of methoxy groups -OCH3 is 2. The number of morpholine rings is 1. The summed E-state index contributed by atoms with van der Waals surface area (Å²) in [4.78, 5) is 28.2. The van der Waals surface area contributed by atoms with Crippen LogP contribution in [0.4, 0.5) is 0 Å². The molecule has 2 aliphatic heterocycles. The van der Waals surface area contributed by atoms with Gasteiger partial charge >= 0.3 is 5.63 Å². The van der Waals surface area contributed by atoms with Crippen LogP contribution in [0.25, 0.3) is 11.0 Å². The zero-order chi connectivity index (χ0) is 25.9. The van der Waals surface area contributed by atoms with E-state index in [4.69, 9.17) is 23.4 Å². The summed E-state index contributed by atoms with van der Waals surface area (Å²) in [5.41, 5.74) is 0.389. The van der Waals surface area contributed by atoms with Gasteiger partial charge in [-0.05, 0) is 18.2 Å². The number of nitriles is 1. The van der Waals surface area contributed by atoms with Gasteiger partial charge in [-0.3, -0.25) is 15.0 Å². The Morgan fingerprint density at radius 3 is 2.68 bits per heavy atom. The molecule has 0 radical (unpaired) electrons. The molecule has 2 aliphatic rings. The molecule has 5 rings (SSSR count). The first-order valence-corrected chi connectivity index (χ1v) is 11.7. The first-order valence-electron chi connectivity index (χ1n) is 11.7. The van der Waals surface area contributed by atoms with E-state index in [0.29, 0.717) is 54.3 Å². The molecular weight excluding hydrogens is 478 g/mol. The minimum Gasteiger partial charge on any atom is -0.497 e. The van der Waals surface area contributed by atoms with E-state index in [1.54, 1.807) is 42.5 Å². The molecule has 1 unspecified atom stereocenters. The zero-order valence-corrected chi connectivity index (χ0v) is 20.4.